The second kappa shape index (κ2) is 8.27. The van der Waals surface area contributed by atoms with Gasteiger partial charge >= 0.3 is 12.3 Å². The van der Waals surface area contributed by atoms with Crippen LogP contribution in [-0.2, 0) is 4.74 Å². The van der Waals surface area contributed by atoms with E-state index in [-0.39, 0.29) is 48.9 Å². The fourth-order valence-corrected chi connectivity index (χ4v) is 4.92. The summed E-state index contributed by atoms with van der Waals surface area (Å²) in [4.78, 5) is 17.9. The van der Waals surface area contributed by atoms with Gasteiger partial charge in [-0.3, -0.25) is 0 Å². The number of hydrogen-bond acceptors (Lipinski definition) is 4. The summed E-state index contributed by atoms with van der Waals surface area (Å²) < 4.78 is 60.6. The first-order valence-corrected chi connectivity index (χ1v) is 10.6. The minimum atomic E-state index is -4.21. The lowest BCUT2D eigenvalue weighted by molar-refractivity contribution is -0.182. The summed E-state index contributed by atoms with van der Waals surface area (Å²) in [5.74, 6) is -2.30. The number of ether oxygens (including phenoxy) is 1. The standard InChI is InChI=1S/C21H26F4N4O2/c1-12-10-16(14-4-3-9-28(11-14)20(30)31-2)29-19(26-12)17(22)18(27-29)13-5-7-15(8-6-13)21(23,24)25/h10,13-15H,3-9,11H2,1-2H3/t13?,14-,15?/m1/s1. The predicted molar refractivity (Wildman–Crippen MR) is 104 cm³/mol. The van der Waals surface area contributed by atoms with Gasteiger partial charge in [-0.25, -0.2) is 18.7 Å². The molecule has 6 nitrogen and oxygen atoms in total. The van der Waals surface area contributed by atoms with Crippen molar-refractivity contribution in [1.29, 1.82) is 0 Å². The summed E-state index contributed by atoms with van der Waals surface area (Å²) in [7, 11) is 1.34. The first-order valence-electron chi connectivity index (χ1n) is 10.6. The van der Waals surface area contributed by atoms with Gasteiger partial charge in [0, 0.05) is 30.6 Å². The molecule has 1 atom stereocenters. The fourth-order valence-electron chi connectivity index (χ4n) is 4.92. The van der Waals surface area contributed by atoms with Gasteiger partial charge in [-0.05, 0) is 51.5 Å². The Morgan fingerprint density at radius 2 is 1.87 bits per heavy atom. The molecule has 2 fully saturated rings. The number of fused-ring (bicyclic) bond motifs is 1. The molecule has 170 valence electrons. The summed E-state index contributed by atoms with van der Waals surface area (Å²) >= 11 is 0. The van der Waals surface area contributed by atoms with Crippen LogP contribution in [0.3, 0.4) is 0 Å². The van der Waals surface area contributed by atoms with Crippen LogP contribution in [0.2, 0.25) is 0 Å². The molecule has 31 heavy (non-hydrogen) atoms. The van der Waals surface area contributed by atoms with Crippen LogP contribution in [0.15, 0.2) is 6.07 Å². The number of alkyl halides is 3. The topological polar surface area (TPSA) is 59.7 Å². The smallest absolute Gasteiger partial charge is 0.409 e. The van der Waals surface area contributed by atoms with Crippen LogP contribution >= 0.6 is 0 Å². The molecule has 2 aliphatic rings. The molecule has 0 bridgehead atoms. The first-order chi connectivity index (χ1) is 14.7. The molecular weight excluding hydrogens is 416 g/mol. The molecule has 1 saturated heterocycles. The summed E-state index contributed by atoms with van der Waals surface area (Å²) in [6.07, 6.45) is -2.56. The SMILES string of the molecule is COC(=O)N1CCC[C@@H](c2cc(C)nc3c(F)c(C4CCC(C(F)(F)F)CC4)nn23)C1. The van der Waals surface area contributed by atoms with Crippen LogP contribution in [0.1, 0.15) is 67.4 Å². The van der Waals surface area contributed by atoms with Gasteiger partial charge < -0.3 is 9.64 Å². The van der Waals surface area contributed by atoms with Crippen molar-refractivity contribution in [1.82, 2.24) is 19.5 Å². The summed E-state index contributed by atoms with van der Waals surface area (Å²) in [5.41, 5.74) is 1.67. The Labute approximate surface area is 177 Å². The highest BCUT2D eigenvalue weighted by Gasteiger charge is 2.42. The monoisotopic (exact) mass is 442 g/mol. The number of likely N-dealkylation sites (tertiary alicyclic amines) is 1. The molecule has 2 aromatic rings. The normalized spacial score (nSPS) is 25.1. The Morgan fingerprint density at radius 1 is 1.16 bits per heavy atom. The second-order valence-corrected chi connectivity index (χ2v) is 8.60. The number of aryl methyl sites for hydroxylation is 1. The predicted octanol–water partition coefficient (Wildman–Crippen LogP) is 4.96. The number of carbonyl (C=O) groups is 1. The van der Waals surface area contributed by atoms with Gasteiger partial charge in [0.05, 0.1) is 18.7 Å². The number of rotatable bonds is 2. The van der Waals surface area contributed by atoms with E-state index < -0.39 is 24.0 Å². The quantitative estimate of drug-likeness (QED) is 0.617. The minimum absolute atomic E-state index is 0.0164. The average molecular weight is 442 g/mol. The van der Waals surface area contributed by atoms with Crippen molar-refractivity contribution in [2.45, 2.75) is 63.5 Å². The summed E-state index contributed by atoms with van der Waals surface area (Å²) in [5, 5.41) is 4.49. The Morgan fingerprint density at radius 3 is 2.52 bits per heavy atom. The largest absolute Gasteiger partial charge is 0.453 e. The van der Waals surface area contributed by atoms with Crippen LogP contribution in [-0.4, -0.2) is 52.0 Å². The Kier molecular flexibility index (Phi) is 5.83. The Balaban J connectivity index is 1.64. The van der Waals surface area contributed by atoms with E-state index in [9.17, 15) is 18.0 Å². The lowest BCUT2D eigenvalue weighted by Gasteiger charge is -2.32. The van der Waals surface area contributed by atoms with Crippen molar-refractivity contribution >= 4 is 11.7 Å². The lowest BCUT2D eigenvalue weighted by atomic mass is 9.80. The Hall–Kier alpha value is -2.39. The van der Waals surface area contributed by atoms with Gasteiger partial charge in [0.1, 0.15) is 5.69 Å². The number of methoxy groups -OCH3 is 1. The molecule has 2 aromatic heterocycles. The van der Waals surface area contributed by atoms with Crippen LogP contribution in [0.25, 0.3) is 5.65 Å². The molecular formula is C21H26F4N4O2. The van der Waals surface area contributed by atoms with Gasteiger partial charge in [-0.15, -0.1) is 0 Å². The zero-order valence-electron chi connectivity index (χ0n) is 17.6. The number of nitrogens with zero attached hydrogens (tertiary/aromatic N) is 4. The maximum atomic E-state index is 15.3. The second-order valence-electron chi connectivity index (χ2n) is 8.60. The van der Waals surface area contributed by atoms with Crippen molar-refractivity contribution in [3.63, 3.8) is 0 Å². The maximum Gasteiger partial charge on any atom is 0.409 e. The molecule has 0 spiro atoms. The number of aromatic nitrogens is 3. The van der Waals surface area contributed by atoms with Crippen LogP contribution in [0.4, 0.5) is 22.4 Å². The third kappa shape index (κ3) is 4.21. The van der Waals surface area contributed by atoms with Crippen molar-refractivity contribution in [2.24, 2.45) is 5.92 Å². The van der Waals surface area contributed by atoms with E-state index in [4.69, 9.17) is 4.74 Å². The third-order valence-corrected chi connectivity index (χ3v) is 6.56. The van der Waals surface area contributed by atoms with Crippen molar-refractivity contribution < 1.29 is 27.1 Å². The lowest BCUT2D eigenvalue weighted by Crippen LogP contribution is -2.39. The molecule has 0 radical (unpaired) electrons. The molecule has 0 N–H and O–H groups in total. The summed E-state index contributed by atoms with van der Waals surface area (Å²) in [6, 6.07) is 1.84. The molecule has 10 heteroatoms. The molecule has 0 aromatic carbocycles. The molecule has 1 saturated carbocycles. The van der Waals surface area contributed by atoms with Crippen LogP contribution in [0.5, 0.6) is 0 Å². The van der Waals surface area contributed by atoms with E-state index in [1.54, 1.807) is 11.8 Å². The number of carbonyl (C=O) groups excluding carboxylic acids is 1. The van der Waals surface area contributed by atoms with Gasteiger partial charge in [-0.1, -0.05) is 0 Å². The van der Waals surface area contributed by atoms with Crippen molar-refractivity contribution in [3.8, 4) is 0 Å². The zero-order valence-corrected chi connectivity index (χ0v) is 17.6. The Bertz CT molecular complexity index is 966. The van der Waals surface area contributed by atoms with Crippen molar-refractivity contribution in [3.05, 3.63) is 29.0 Å². The number of amides is 1. The zero-order chi connectivity index (χ0) is 22.3. The van der Waals surface area contributed by atoms with Gasteiger partial charge in [0.25, 0.3) is 0 Å². The molecule has 0 unspecified atom stereocenters. The number of piperidine rings is 1. The van der Waals surface area contributed by atoms with E-state index in [1.165, 1.54) is 11.6 Å². The van der Waals surface area contributed by atoms with Gasteiger partial charge in [0.15, 0.2) is 11.5 Å². The molecule has 1 aliphatic carbocycles. The molecule has 4 rings (SSSR count). The highest BCUT2D eigenvalue weighted by Crippen LogP contribution is 2.43. The fraction of sp³-hybridized carbons (Fsp3) is 0.667. The van der Waals surface area contributed by atoms with Gasteiger partial charge in [-0.2, -0.15) is 18.3 Å². The van der Waals surface area contributed by atoms with E-state index in [1.807, 2.05) is 6.07 Å². The number of hydrogen-bond donors (Lipinski definition) is 0. The van der Waals surface area contributed by atoms with E-state index in [2.05, 4.69) is 10.1 Å². The van der Waals surface area contributed by atoms with Gasteiger partial charge in [0.2, 0.25) is 0 Å². The van der Waals surface area contributed by atoms with E-state index in [0.717, 1.165) is 18.5 Å². The molecule has 1 aliphatic heterocycles. The highest BCUT2D eigenvalue weighted by atomic mass is 19.4. The first kappa shape index (κ1) is 21.8. The van der Waals surface area contributed by atoms with Crippen LogP contribution < -0.4 is 0 Å². The molecule has 3 heterocycles. The van der Waals surface area contributed by atoms with E-state index in [0.29, 0.717) is 18.8 Å². The van der Waals surface area contributed by atoms with Crippen molar-refractivity contribution in [2.75, 3.05) is 20.2 Å². The summed E-state index contributed by atoms with van der Waals surface area (Å²) in [6.45, 7) is 2.79. The third-order valence-electron chi connectivity index (χ3n) is 6.56. The van der Waals surface area contributed by atoms with E-state index >= 15 is 4.39 Å². The maximum absolute atomic E-state index is 15.3. The number of halogens is 4. The van der Waals surface area contributed by atoms with Crippen LogP contribution in [0, 0.1) is 18.7 Å². The molecule has 1 amide bonds. The minimum Gasteiger partial charge on any atom is -0.453 e. The highest BCUT2D eigenvalue weighted by molar-refractivity contribution is 5.67. The average Bonchev–Trinajstić information content (AvgIpc) is 3.08.